The molecule has 0 aliphatic carbocycles. The van der Waals surface area contributed by atoms with E-state index in [9.17, 15) is 9.59 Å². The Morgan fingerprint density at radius 1 is 1.16 bits per heavy atom. The second kappa shape index (κ2) is 4.72. The maximum Gasteiger partial charge on any atom is 0.259 e. The number of amides is 1. The minimum Gasteiger partial charge on any atom is -0.367 e. The van der Waals surface area contributed by atoms with Gasteiger partial charge in [-0.2, -0.15) is 0 Å². The van der Waals surface area contributed by atoms with Gasteiger partial charge in [-0.3, -0.25) is 9.59 Å². The van der Waals surface area contributed by atoms with Crippen LogP contribution >= 0.6 is 0 Å². The second-order valence-electron chi connectivity index (χ2n) is 4.67. The molecule has 4 nitrogen and oxygen atoms in total. The normalized spacial score (nSPS) is 14.0. The Labute approximate surface area is 110 Å². The van der Waals surface area contributed by atoms with Crippen LogP contribution in [0, 0.1) is 0 Å². The molecule has 3 rings (SSSR count). The number of hydrogen-bond donors (Lipinski definition) is 1. The predicted molar refractivity (Wildman–Crippen MR) is 71.9 cm³/mol. The highest BCUT2D eigenvalue weighted by molar-refractivity contribution is 5.93. The lowest BCUT2D eigenvalue weighted by molar-refractivity contribution is 0.0733. The van der Waals surface area contributed by atoms with Crippen LogP contribution in [0.3, 0.4) is 0 Å². The molecular weight excluding hydrogens is 240 g/mol. The molecule has 0 saturated carbocycles. The fourth-order valence-electron chi connectivity index (χ4n) is 2.42. The maximum atomic E-state index is 12.3. The smallest absolute Gasteiger partial charge is 0.259 e. The number of carbonyl (C=O) groups is 1. The van der Waals surface area contributed by atoms with E-state index >= 15 is 0 Å². The van der Waals surface area contributed by atoms with E-state index in [-0.39, 0.29) is 16.9 Å². The van der Waals surface area contributed by atoms with E-state index in [1.165, 1.54) is 24.0 Å². The van der Waals surface area contributed by atoms with Crippen molar-refractivity contribution in [3.05, 3.63) is 69.6 Å². The number of H-pyrrole nitrogens is 1. The van der Waals surface area contributed by atoms with Gasteiger partial charge in [0.25, 0.3) is 5.91 Å². The lowest BCUT2D eigenvalue weighted by Crippen LogP contribution is -2.38. The van der Waals surface area contributed by atoms with Crippen LogP contribution in [0.1, 0.15) is 21.5 Å². The van der Waals surface area contributed by atoms with E-state index in [2.05, 4.69) is 11.1 Å². The number of aromatic amines is 1. The number of benzene rings is 1. The van der Waals surface area contributed by atoms with Gasteiger partial charge in [0.1, 0.15) is 5.56 Å². The number of nitrogens with zero attached hydrogens (tertiary/aromatic N) is 1. The molecule has 0 atom stereocenters. The SMILES string of the molecule is O=C(c1c[nH]ccc1=O)N1CCc2ccccc2C1. The average molecular weight is 254 g/mol. The molecule has 0 spiro atoms. The molecule has 1 N–H and O–H groups in total. The van der Waals surface area contributed by atoms with Crippen LogP contribution in [0.5, 0.6) is 0 Å². The molecule has 2 aromatic rings. The third-order valence-corrected chi connectivity index (χ3v) is 3.47. The Balaban J connectivity index is 1.88. The van der Waals surface area contributed by atoms with E-state index in [1.807, 2.05) is 18.2 Å². The molecular formula is C15H14N2O2. The second-order valence-corrected chi connectivity index (χ2v) is 4.67. The van der Waals surface area contributed by atoms with Crippen LogP contribution < -0.4 is 5.43 Å². The number of carbonyl (C=O) groups excluding carboxylic acids is 1. The standard InChI is InChI=1S/C15H14N2O2/c18-14-5-7-16-9-13(14)15(19)17-8-6-11-3-1-2-4-12(11)10-17/h1-5,7,9H,6,8,10H2,(H,16,18). The van der Waals surface area contributed by atoms with Gasteiger partial charge in [-0.1, -0.05) is 24.3 Å². The minimum absolute atomic E-state index is 0.198. The van der Waals surface area contributed by atoms with Crippen LogP contribution in [0.25, 0.3) is 0 Å². The number of fused-ring (bicyclic) bond motifs is 1. The summed E-state index contributed by atoms with van der Waals surface area (Å²) in [7, 11) is 0. The Kier molecular flexibility index (Phi) is 2.91. The number of aromatic nitrogens is 1. The number of hydrogen-bond acceptors (Lipinski definition) is 2. The molecule has 0 bridgehead atoms. The lowest BCUT2D eigenvalue weighted by atomic mass is 9.99. The summed E-state index contributed by atoms with van der Waals surface area (Å²) < 4.78 is 0. The summed E-state index contributed by atoms with van der Waals surface area (Å²) in [6.07, 6.45) is 3.85. The van der Waals surface area contributed by atoms with E-state index < -0.39 is 0 Å². The summed E-state index contributed by atoms with van der Waals surface area (Å²) in [6, 6.07) is 9.49. The largest absolute Gasteiger partial charge is 0.367 e. The summed E-state index contributed by atoms with van der Waals surface area (Å²) in [5.74, 6) is -0.198. The fraction of sp³-hybridized carbons (Fsp3) is 0.200. The first-order valence-corrected chi connectivity index (χ1v) is 6.29. The monoisotopic (exact) mass is 254 g/mol. The highest BCUT2D eigenvalue weighted by atomic mass is 16.2. The Morgan fingerprint density at radius 2 is 1.95 bits per heavy atom. The van der Waals surface area contributed by atoms with E-state index in [1.54, 1.807) is 4.90 Å². The van der Waals surface area contributed by atoms with Crippen LogP contribution in [-0.2, 0) is 13.0 Å². The Hall–Kier alpha value is -2.36. The zero-order valence-corrected chi connectivity index (χ0v) is 10.4. The van der Waals surface area contributed by atoms with Crippen molar-refractivity contribution in [2.75, 3.05) is 6.54 Å². The molecule has 0 unspecified atom stereocenters. The average Bonchev–Trinajstić information content (AvgIpc) is 2.46. The van der Waals surface area contributed by atoms with Crippen LogP contribution in [0.15, 0.2) is 47.5 Å². The minimum atomic E-state index is -0.234. The van der Waals surface area contributed by atoms with Gasteiger partial charge >= 0.3 is 0 Å². The summed E-state index contributed by atoms with van der Waals surface area (Å²) >= 11 is 0. The van der Waals surface area contributed by atoms with Gasteiger partial charge in [0.05, 0.1) is 0 Å². The van der Waals surface area contributed by atoms with Gasteiger partial charge in [0, 0.05) is 31.5 Å². The van der Waals surface area contributed by atoms with E-state index in [0.29, 0.717) is 13.1 Å². The topological polar surface area (TPSA) is 53.2 Å². The van der Waals surface area contributed by atoms with Gasteiger partial charge in [0.15, 0.2) is 5.43 Å². The van der Waals surface area contributed by atoms with Crippen LogP contribution in [-0.4, -0.2) is 22.3 Å². The molecule has 0 fully saturated rings. The Morgan fingerprint density at radius 3 is 2.74 bits per heavy atom. The Bertz CT molecular complexity index is 676. The molecule has 2 heterocycles. The molecule has 19 heavy (non-hydrogen) atoms. The van der Waals surface area contributed by atoms with E-state index in [4.69, 9.17) is 0 Å². The van der Waals surface area contributed by atoms with Gasteiger partial charge in [0.2, 0.25) is 0 Å². The van der Waals surface area contributed by atoms with E-state index in [0.717, 1.165) is 12.0 Å². The van der Waals surface area contributed by atoms with Crippen LogP contribution in [0.4, 0.5) is 0 Å². The van der Waals surface area contributed by atoms with Crippen molar-refractivity contribution in [2.24, 2.45) is 0 Å². The van der Waals surface area contributed by atoms with Crippen molar-refractivity contribution >= 4 is 5.91 Å². The summed E-state index contributed by atoms with van der Waals surface area (Å²) in [5, 5.41) is 0. The summed E-state index contributed by atoms with van der Waals surface area (Å²) in [5.41, 5.74) is 2.42. The molecule has 96 valence electrons. The number of pyridine rings is 1. The molecule has 1 amide bonds. The highest BCUT2D eigenvalue weighted by Crippen LogP contribution is 2.19. The van der Waals surface area contributed by atoms with Crippen molar-refractivity contribution in [1.29, 1.82) is 0 Å². The first-order valence-electron chi connectivity index (χ1n) is 6.29. The van der Waals surface area contributed by atoms with Gasteiger partial charge in [-0.25, -0.2) is 0 Å². The highest BCUT2D eigenvalue weighted by Gasteiger charge is 2.22. The van der Waals surface area contributed by atoms with Crippen LogP contribution in [0.2, 0.25) is 0 Å². The fourth-order valence-corrected chi connectivity index (χ4v) is 2.42. The summed E-state index contributed by atoms with van der Waals surface area (Å²) in [4.78, 5) is 28.5. The molecule has 4 heteroatoms. The zero-order chi connectivity index (χ0) is 13.2. The van der Waals surface area contributed by atoms with Crippen molar-refractivity contribution in [3.8, 4) is 0 Å². The number of nitrogens with one attached hydrogen (secondary N) is 1. The predicted octanol–water partition coefficient (Wildman–Crippen LogP) is 1.57. The molecule has 0 radical (unpaired) electrons. The van der Waals surface area contributed by atoms with Crippen molar-refractivity contribution in [1.82, 2.24) is 9.88 Å². The molecule has 1 aromatic carbocycles. The third-order valence-electron chi connectivity index (χ3n) is 3.47. The zero-order valence-electron chi connectivity index (χ0n) is 10.4. The molecule has 0 saturated heterocycles. The van der Waals surface area contributed by atoms with Gasteiger partial charge < -0.3 is 9.88 Å². The first-order chi connectivity index (χ1) is 9.25. The maximum absolute atomic E-state index is 12.3. The number of rotatable bonds is 1. The first kappa shape index (κ1) is 11.7. The van der Waals surface area contributed by atoms with Gasteiger partial charge in [-0.15, -0.1) is 0 Å². The quantitative estimate of drug-likeness (QED) is 0.840. The van der Waals surface area contributed by atoms with Gasteiger partial charge in [-0.05, 0) is 17.5 Å². The third kappa shape index (κ3) is 2.17. The molecule has 1 aliphatic heterocycles. The molecule has 1 aliphatic rings. The molecule has 1 aromatic heterocycles. The lowest BCUT2D eigenvalue weighted by Gasteiger charge is -2.28. The summed E-state index contributed by atoms with van der Waals surface area (Å²) in [6.45, 7) is 1.23. The van der Waals surface area contributed by atoms with Crippen molar-refractivity contribution in [3.63, 3.8) is 0 Å². The van der Waals surface area contributed by atoms with Crippen molar-refractivity contribution in [2.45, 2.75) is 13.0 Å². The van der Waals surface area contributed by atoms with Crippen molar-refractivity contribution < 1.29 is 4.79 Å².